The second-order valence-corrected chi connectivity index (χ2v) is 4.33. The summed E-state index contributed by atoms with van der Waals surface area (Å²) in [6.45, 7) is 0. The molecule has 0 aliphatic rings. The van der Waals surface area contributed by atoms with E-state index in [0.717, 1.165) is 0 Å². The number of aromatic nitrogens is 1. The first-order valence-electron chi connectivity index (χ1n) is 5.82. The van der Waals surface area contributed by atoms with Crippen LogP contribution in [-0.2, 0) is 0 Å². The summed E-state index contributed by atoms with van der Waals surface area (Å²) in [6, 6.07) is 21.4. The predicted molar refractivity (Wildman–Crippen MR) is 72.4 cm³/mol. The first-order chi connectivity index (χ1) is 8.45. The second-order valence-electron chi connectivity index (χ2n) is 4.33. The van der Waals surface area contributed by atoms with Gasteiger partial charge in [-0.05, 0) is 23.6 Å². The van der Waals surface area contributed by atoms with Crippen LogP contribution in [0.15, 0.2) is 66.9 Å². The lowest BCUT2D eigenvalue weighted by Crippen LogP contribution is -1.88. The van der Waals surface area contributed by atoms with E-state index in [1.807, 2.05) is 0 Å². The lowest BCUT2D eigenvalue weighted by atomic mass is 10.1. The van der Waals surface area contributed by atoms with Gasteiger partial charge in [0.1, 0.15) is 0 Å². The van der Waals surface area contributed by atoms with Crippen LogP contribution in [0.2, 0.25) is 0 Å². The van der Waals surface area contributed by atoms with Gasteiger partial charge in [0.05, 0.1) is 11.0 Å². The highest BCUT2D eigenvalue weighted by Gasteiger charge is 2.05. The molecule has 0 unspecified atom stereocenters. The molecule has 0 bridgehead atoms. The Bertz CT molecular complexity index is 770. The van der Waals surface area contributed by atoms with Crippen molar-refractivity contribution in [2.45, 2.75) is 0 Å². The molecule has 2 aromatic heterocycles. The Hall–Kier alpha value is -2.28. The molecule has 1 heteroatoms. The Morgan fingerprint density at radius 3 is 1.76 bits per heavy atom. The quantitative estimate of drug-likeness (QED) is 0.388. The highest BCUT2D eigenvalue weighted by Crippen LogP contribution is 2.29. The van der Waals surface area contributed by atoms with Gasteiger partial charge >= 0.3 is 0 Å². The Morgan fingerprint density at radius 2 is 1.06 bits per heavy atom. The molecular formula is C16H11N. The van der Waals surface area contributed by atoms with E-state index >= 15 is 0 Å². The van der Waals surface area contributed by atoms with E-state index in [0.29, 0.717) is 0 Å². The first-order valence-corrected chi connectivity index (χ1v) is 5.82. The van der Waals surface area contributed by atoms with E-state index in [1.165, 1.54) is 27.2 Å². The van der Waals surface area contributed by atoms with E-state index in [-0.39, 0.29) is 0 Å². The fourth-order valence-corrected chi connectivity index (χ4v) is 2.66. The van der Waals surface area contributed by atoms with Crippen LogP contribution in [0.4, 0.5) is 0 Å². The normalized spacial score (nSPS) is 11.5. The maximum Gasteiger partial charge on any atom is 0.0534 e. The summed E-state index contributed by atoms with van der Waals surface area (Å²) in [6.07, 6.45) is 2.13. The molecule has 0 fully saturated rings. The van der Waals surface area contributed by atoms with Crippen LogP contribution in [0, 0.1) is 0 Å². The Balaban J connectivity index is 2.48. The van der Waals surface area contributed by atoms with Gasteiger partial charge in [-0.25, -0.2) is 0 Å². The molecule has 0 spiro atoms. The molecule has 0 amide bonds. The zero-order valence-electron chi connectivity index (χ0n) is 9.30. The highest BCUT2D eigenvalue weighted by molar-refractivity contribution is 6.12. The SMILES string of the molecule is c1ccc2c(c1)c1ccccc1n1cccc21. The lowest BCUT2D eigenvalue weighted by molar-refractivity contribution is 1.29. The maximum absolute atomic E-state index is 2.26. The molecule has 0 saturated heterocycles. The summed E-state index contributed by atoms with van der Waals surface area (Å²) >= 11 is 0. The summed E-state index contributed by atoms with van der Waals surface area (Å²) in [7, 11) is 0. The Morgan fingerprint density at radius 1 is 0.529 bits per heavy atom. The zero-order valence-corrected chi connectivity index (χ0v) is 9.30. The summed E-state index contributed by atoms with van der Waals surface area (Å²) in [4.78, 5) is 0. The summed E-state index contributed by atoms with van der Waals surface area (Å²) in [5.74, 6) is 0. The van der Waals surface area contributed by atoms with Gasteiger partial charge in [-0.2, -0.15) is 0 Å². The summed E-state index contributed by atoms with van der Waals surface area (Å²) in [5.41, 5.74) is 2.55. The molecule has 4 rings (SSSR count). The van der Waals surface area contributed by atoms with Crippen molar-refractivity contribution in [3.63, 3.8) is 0 Å². The van der Waals surface area contributed by atoms with E-state index in [4.69, 9.17) is 0 Å². The summed E-state index contributed by atoms with van der Waals surface area (Å²) in [5, 5.41) is 3.96. The topological polar surface area (TPSA) is 4.41 Å². The van der Waals surface area contributed by atoms with Crippen molar-refractivity contribution >= 4 is 27.2 Å². The van der Waals surface area contributed by atoms with Crippen molar-refractivity contribution in [2.24, 2.45) is 0 Å². The van der Waals surface area contributed by atoms with Gasteiger partial charge in [-0.3, -0.25) is 0 Å². The van der Waals surface area contributed by atoms with Crippen LogP contribution in [0.25, 0.3) is 27.2 Å². The molecule has 80 valence electrons. The number of hydrogen-bond acceptors (Lipinski definition) is 0. The van der Waals surface area contributed by atoms with E-state index in [1.54, 1.807) is 0 Å². The van der Waals surface area contributed by atoms with Crippen molar-refractivity contribution in [1.82, 2.24) is 4.40 Å². The van der Waals surface area contributed by atoms with Crippen molar-refractivity contribution < 1.29 is 0 Å². The molecule has 4 aromatic rings. The molecule has 0 atom stereocenters. The van der Waals surface area contributed by atoms with Crippen molar-refractivity contribution in [3.05, 3.63) is 66.9 Å². The van der Waals surface area contributed by atoms with Crippen molar-refractivity contribution in [1.29, 1.82) is 0 Å². The Kier molecular flexibility index (Phi) is 1.61. The molecule has 17 heavy (non-hydrogen) atoms. The number of fused-ring (bicyclic) bond motifs is 6. The predicted octanol–water partition coefficient (Wildman–Crippen LogP) is 4.25. The van der Waals surface area contributed by atoms with Gasteiger partial charge in [0, 0.05) is 17.0 Å². The van der Waals surface area contributed by atoms with Gasteiger partial charge in [0.25, 0.3) is 0 Å². The average Bonchev–Trinajstić information content (AvgIpc) is 2.89. The number of para-hydroxylation sites is 1. The minimum absolute atomic E-state index is 1.27. The van der Waals surface area contributed by atoms with Gasteiger partial charge < -0.3 is 4.40 Å². The first kappa shape index (κ1) is 8.82. The molecule has 2 aromatic carbocycles. The zero-order chi connectivity index (χ0) is 11.2. The largest absolute Gasteiger partial charge is 0.316 e. The van der Waals surface area contributed by atoms with Crippen LogP contribution >= 0.6 is 0 Å². The number of hydrogen-bond donors (Lipinski definition) is 0. The molecule has 1 nitrogen and oxygen atoms in total. The number of benzene rings is 2. The van der Waals surface area contributed by atoms with Crippen LogP contribution < -0.4 is 0 Å². The van der Waals surface area contributed by atoms with Crippen molar-refractivity contribution in [2.75, 3.05) is 0 Å². The minimum atomic E-state index is 1.27. The summed E-state index contributed by atoms with van der Waals surface area (Å²) < 4.78 is 2.26. The lowest BCUT2D eigenvalue weighted by Gasteiger charge is -2.08. The van der Waals surface area contributed by atoms with Gasteiger partial charge in [0.15, 0.2) is 0 Å². The molecule has 0 saturated carbocycles. The van der Waals surface area contributed by atoms with Gasteiger partial charge in [0.2, 0.25) is 0 Å². The molecule has 0 aliphatic heterocycles. The van der Waals surface area contributed by atoms with E-state index in [2.05, 4.69) is 71.3 Å². The molecule has 0 aliphatic carbocycles. The fourth-order valence-electron chi connectivity index (χ4n) is 2.66. The minimum Gasteiger partial charge on any atom is -0.316 e. The monoisotopic (exact) mass is 217 g/mol. The average molecular weight is 217 g/mol. The van der Waals surface area contributed by atoms with Crippen molar-refractivity contribution in [3.8, 4) is 0 Å². The van der Waals surface area contributed by atoms with Gasteiger partial charge in [-0.15, -0.1) is 0 Å². The van der Waals surface area contributed by atoms with Crippen LogP contribution in [0.5, 0.6) is 0 Å². The third kappa shape index (κ3) is 1.08. The number of pyridine rings is 1. The fraction of sp³-hybridized carbons (Fsp3) is 0. The standard InChI is InChI=1S/C16H11N/c1-2-7-14-12(6-1)13-8-3-4-9-15(13)17-11-5-10-16(14)17/h1-11H. The highest BCUT2D eigenvalue weighted by atomic mass is 14.9. The third-order valence-electron chi connectivity index (χ3n) is 3.41. The van der Waals surface area contributed by atoms with Crippen LogP contribution in [0.1, 0.15) is 0 Å². The Labute approximate surface area is 98.9 Å². The molecule has 2 heterocycles. The number of rotatable bonds is 0. The maximum atomic E-state index is 2.26. The second kappa shape index (κ2) is 3.11. The van der Waals surface area contributed by atoms with Gasteiger partial charge in [-0.1, -0.05) is 42.5 Å². The molecule has 0 N–H and O–H groups in total. The van der Waals surface area contributed by atoms with Crippen LogP contribution in [0.3, 0.4) is 0 Å². The number of nitrogens with zero attached hydrogens (tertiary/aromatic N) is 1. The van der Waals surface area contributed by atoms with Crippen LogP contribution in [-0.4, -0.2) is 4.40 Å². The smallest absolute Gasteiger partial charge is 0.0534 e. The van der Waals surface area contributed by atoms with E-state index in [9.17, 15) is 0 Å². The molecule has 0 radical (unpaired) electrons. The molecular weight excluding hydrogens is 206 g/mol. The third-order valence-corrected chi connectivity index (χ3v) is 3.41. The van der Waals surface area contributed by atoms with E-state index < -0.39 is 0 Å².